The Morgan fingerprint density at radius 1 is 1.54 bits per heavy atom. The number of hydrogen-bond donors (Lipinski definition) is 1. The van der Waals surface area contributed by atoms with Crippen molar-refractivity contribution in [3.63, 3.8) is 0 Å². The summed E-state index contributed by atoms with van der Waals surface area (Å²) < 4.78 is 0. The van der Waals surface area contributed by atoms with Crippen LogP contribution in [0.15, 0.2) is 12.2 Å². The highest BCUT2D eigenvalue weighted by atomic mass is 16.1. The summed E-state index contributed by atoms with van der Waals surface area (Å²) in [7, 11) is 0. The van der Waals surface area contributed by atoms with E-state index in [2.05, 4.69) is 19.2 Å². The van der Waals surface area contributed by atoms with Crippen molar-refractivity contribution in [2.75, 3.05) is 6.54 Å². The molecule has 0 aromatic heterocycles. The molecule has 1 aliphatic rings. The van der Waals surface area contributed by atoms with Crippen molar-refractivity contribution in [1.82, 2.24) is 5.32 Å². The molecule has 0 spiro atoms. The first-order chi connectivity index (χ1) is 6.10. The minimum absolute atomic E-state index is 0.0365. The fraction of sp³-hybridized carbons (Fsp3) is 0.727. The number of allylic oxidation sites excluding steroid dienone is 1. The minimum Gasteiger partial charge on any atom is -0.352 e. The molecular formula is C11H19NO. The molecule has 0 aliphatic heterocycles. The van der Waals surface area contributed by atoms with Crippen LogP contribution in [-0.2, 0) is 4.79 Å². The Morgan fingerprint density at radius 3 is 2.54 bits per heavy atom. The van der Waals surface area contributed by atoms with Crippen LogP contribution >= 0.6 is 0 Å². The van der Waals surface area contributed by atoms with E-state index in [1.54, 1.807) is 12.2 Å². The van der Waals surface area contributed by atoms with Crippen molar-refractivity contribution in [2.45, 2.75) is 33.6 Å². The lowest BCUT2D eigenvalue weighted by Gasteiger charge is -2.19. The molecule has 1 amide bonds. The summed E-state index contributed by atoms with van der Waals surface area (Å²) in [6.07, 6.45) is 5.88. The molecule has 0 radical (unpaired) electrons. The first-order valence-corrected chi connectivity index (χ1v) is 5.01. The van der Waals surface area contributed by atoms with Gasteiger partial charge in [0.2, 0.25) is 5.91 Å². The Morgan fingerprint density at radius 2 is 2.15 bits per heavy atom. The van der Waals surface area contributed by atoms with Crippen LogP contribution < -0.4 is 5.32 Å². The van der Waals surface area contributed by atoms with Gasteiger partial charge in [0.1, 0.15) is 0 Å². The normalized spacial score (nSPS) is 19.4. The number of rotatable bonds is 4. The fourth-order valence-electron chi connectivity index (χ4n) is 1.59. The molecule has 0 aromatic carbocycles. The summed E-state index contributed by atoms with van der Waals surface area (Å²) in [6, 6.07) is 0. The molecule has 2 nitrogen and oxygen atoms in total. The van der Waals surface area contributed by atoms with E-state index >= 15 is 0 Å². The maximum atomic E-state index is 11.1. The first kappa shape index (κ1) is 10.3. The molecule has 0 bridgehead atoms. The lowest BCUT2D eigenvalue weighted by atomic mass is 9.92. The molecule has 13 heavy (non-hydrogen) atoms. The zero-order valence-electron chi connectivity index (χ0n) is 8.76. The molecule has 0 aromatic rings. The predicted octanol–water partition coefficient (Wildman–Crippen LogP) is 2.11. The number of carbonyl (C=O) groups is 1. The van der Waals surface area contributed by atoms with Gasteiger partial charge in [0.05, 0.1) is 0 Å². The number of hydrogen-bond acceptors (Lipinski definition) is 1. The monoisotopic (exact) mass is 181 g/mol. The van der Waals surface area contributed by atoms with E-state index in [4.69, 9.17) is 0 Å². The van der Waals surface area contributed by atoms with Crippen LogP contribution in [0.4, 0.5) is 0 Å². The zero-order chi connectivity index (χ0) is 9.90. The van der Waals surface area contributed by atoms with Gasteiger partial charge in [-0.1, -0.05) is 19.9 Å². The van der Waals surface area contributed by atoms with Gasteiger partial charge < -0.3 is 5.32 Å². The van der Waals surface area contributed by atoms with Crippen molar-refractivity contribution in [1.29, 1.82) is 0 Å². The molecule has 1 saturated carbocycles. The molecule has 1 rings (SSSR count). The van der Waals surface area contributed by atoms with Crippen LogP contribution in [0.2, 0.25) is 0 Å². The third-order valence-electron chi connectivity index (χ3n) is 3.05. The summed E-state index contributed by atoms with van der Waals surface area (Å²) in [5.41, 5.74) is 0.414. The highest BCUT2D eigenvalue weighted by Gasteiger charge is 2.45. The molecule has 1 fully saturated rings. The van der Waals surface area contributed by atoms with Crippen LogP contribution in [0.5, 0.6) is 0 Å². The van der Waals surface area contributed by atoms with Crippen LogP contribution in [0.25, 0.3) is 0 Å². The number of carbonyl (C=O) groups excluding carboxylic acids is 1. The first-order valence-electron chi connectivity index (χ1n) is 5.01. The van der Waals surface area contributed by atoms with E-state index in [0.717, 1.165) is 6.54 Å². The highest BCUT2D eigenvalue weighted by Crippen LogP contribution is 2.51. The SMILES string of the molecule is C/C=C/C(=O)NCC1(C(C)C)CC1. The lowest BCUT2D eigenvalue weighted by molar-refractivity contribution is -0.116. The quantitative estimate of drug-likeness (QED) is 0.661. The summed E-state index contributed by atoms with van der Waals surface area (Å²) in [5.74, 6) is 0.716. The molecule has 2 heteroatoms. The van der Waals surface area contributed by atoms with Gasteiger partial charge in [0.15, 0.2) is 0 Å². The molecule has 0 atom stereocenters. The van der Waals surface area contributed by atoms with Gasteiger partial charge in [-0.25, -0.2) is 0 Å². The maximum Gasteiger partial charge on any atom is 0.243 e. The molecule has 1 aliphatic carbocycles. The topological polar surface area (TPSA) is 29.1 Å². The standard InChI is InChI=1S/C11H19NO/c1-4-5-10(13)12-8-11(6-7-11)9(2)3/h4-5,9H,6-8H2,1-3H3,(H,12,13)/b5-4+. The summed E-state index contributed by atoms with van der Waals surface area (Å²) in [4.78, 5) is 11.1. The maximum absolute atomic E-state index is 11.1. The zero-order valence-corrected chi connectivity index (χ0v) is 8.76. The van der Waals surface area contributed by atoms with Gasteiger partial charge in [-0.2, -0.15) is 0 Å². The van der Waals surface area contributed by atoms with E-state index in [-0.39, 0.29) is 5.91 Å². The van der Waals surface area contributed by atoms with Crippen LogP contribution in [0.3, 0.4) is 0 Å². The average molecular weight is 181 g/mol. The Balaban J connectivity index is 2.30. The molecule has 1 N–H and O–H groups in total. The second kappa shape index (κ2) is 3.95. The van der Waals surface area contributed by atoms with E-state index in [0.29, 0.717) is 11.3 Å². The third kappa shape index (κ3) is 2.58. The van der Waals surface area contributed by atoms with E-state index < -0.39 is 0 Å². The highest BCUT2D eigenvalue weighted by molar-refractivity contribution is 5.87. The number of nitrogens with one attached hydrogen (secondary N) is 1. The van der Waals surface area contributed by atoms with Gasteiger partial charge in [-0.3, -0.25) is 4.79 Å². The largest absolute Gasteiger partial charge is 0.352 e. The predicted molar refractivity (Wildman–Crippen MR) is 54.3 cm³/mol. The summed E-state index contributed by atoms with van der Waals surface area (Å²) in [5, 5.41) is 2.94. The second-order valence-corrected chi connectivity index (χ2v) is 4.23. The molecule has 74 valence electrons. The summed E-state index contributed by atoms with van der Waals surface area (Å²) >= 11 is 0. The van der Waals surface area contributed by atoms with Crippen LogP contribution in [0.1, 0.15) is 33.6 Å². The van der Waals surface area contributed by atoms with Gasteiger partial charge in [0.25, 0.3) is 0 Å². The van der Waals surface area contributed by atoms with Gasteiger partial charge in [-0.05, 0) is 37.2 Å². The Labute approximate surface area is 80.4 Å². The third-order valence-corrected chi connectivity index (χ3v) is 3.05. The Hall–Kier alpha value is -0.790. The van der Waals surface area contributed by atoms with E-state index in [9.17, 15) is 4.79 Å². The van der Waals surface area contributed by atoms with E-state index in [1.165, 1.54) is 12.8 Å². The van der Waals surface area contributed by atoms with Crippen molar-refractivity contribution >= 4 is 5.91 Å². The lowest BCUT2D eigenvalue weighted by Crippen LogP contribution is -2.31. The Kier molecular flexibility index (Phi) is 3.12. The van der Waals surface area contributed by atoms with Crippen LogP contribution in [0, 0.1) is 11.3 Å². The van der Waals surface area contributed by atoms with Crippen molar-refractivity contribution in [3.05, 3.63) is 12.2 Å². The molecule has 0 saturated heterocycles. The van der Waals surface area contributed by atoms with Crippen molar-refractivity contribution in [2.24, 2.45) is 11.3 Å². The molecular weight excluding hydrogens is 162 g/mol. The Bertz CT molecular complexity index is 214. The second-order valence-electron chi connectivity index (χ2n) is 4.23. The fourth-order valence-corrected chi connectivity index (χ4v) is 1.59. The average Bonchev–Trinajstić information content (AvgIpc) is 2.82. The van der Waals surface area contributed by atoms with E-state index in [1.807, 2.05) is 6.92 Å². The number of amides is 1. The molecule has 0 heterocycles. The minimum atomic E-state index is 0.0365. The molecule has 0 unspecified atom stereocenters. The smallest absolute Gasteiger partial charge is 0.243 e. The van der Waals surface area contributed by atoms with Crippen LogP contribution in [-0.4, -0.2) is 12.5 Å². The van der Waals surface area contributed by atoms with Crippen molar-refractivity contribution < 1.29 is 4.79 Å². The van der Waals surface area contributed by atoms with Gasteiger partial charge >= 0.3 is 0 Å². The van der Waals surface area contributed by atoms with Gasteiger partial charge in [0, 0.05) is 6.54 Å². The summed E-state index contributed by atoms with van der Waals surface area (Å²) in [6.45, 7) is 7.16. The van der Waals surface area contributed by atoms with Gasteiger partial charge in [-0.15, -0.1) is 0 Å². The van der Waals surface area contributed by atoms with Crippen molar-refractivity contribution in [3.8, 4) is 0 Å².